The van der Waals surface area contributed by atoms with Crippen molar-refractivity contribution in [3.8, 4) is 11.3 Å². The van der Waals surface area contributed by atoms with Gasteiger partial charge in [0.1, 0.15) is 17.5 Å². The van der Waals surface area contributed by atoms with Crippen LogP contribution in [0.1, 0.15) is 11.4 Å². The summed E-state index contributed by atoms with van der Waals surface area (Å²) < 4.78 is 13.1. The number of nitrogens with zero attached hydrogens (tertiary/aromatic N) is 2. The molecule has 0 saturated carbocycles. The van der Waals surface area contributed by atoms with Crippen molar-refractivity contribution in [1.29, 1.82) is 0 Å². The first-order valence-electron chi connectivity index (χ1n) is 4.94. The second kappa shape index (κ2) is 3.89. The Morgan fingerprint density at radius 2 is 1.94 bits per heavy atom. The van der Waals surface area contributed by atoms with Gasteiger partial charge in [-0.2, -0.15) is 0 Å². The molecule has 0 fully saturated rings. The normalized spacial score (nSPS) is 10.4. The number of aryl methyl sites for hydroxylation is 1. The molecule has 0 radical (unpaired) electrons. The lowest BCUT2D eigenvalue weighted by Gasteiger charge is -2.08. The highest BCUT2D eigenvalue weighted by molar-refractivity contribution is 5.67. The zero-order chi connectivity index (χ0) is 11.7. The average Bonchev–Trinajstić information content (AvgIpc) is 2.23. The highest BCUT2D eigenvalue weighted by Gasteiger charge is 2.09. The Labute approximate surface area is 93.2 Å². The van der Waals surface area contributed by atoms with Gasteiger partial charge >= 0.3 is 0 Å². The second-order valence-electron chi connectivity index (χ2n) is 3.64. The maximum atomic E-state index is 13.1. The van der Waals surface area contributed by atoms with Crippen molar-refractivity contribution in [3.63, 3.8) is 0 Å². The number of benzene rings is 1. The lowest BCUT2D eigenvalue weighted by molar-refractivity contribution is 0.628. The Balaban J connectivity index is 2.64. The maximum absolute atomic E-state index is 13.1. The Hall–Kier alpha value is -1.97. The van der Waals surface area contributed by atoms with Crippen LogP contribution in [0, 0.1) is 19.7 Å². The first-order chi connectivity index (χ1) is 7.58. The van der Waals surface area contributed by atoms with Crippen LogP contribution < -0.4 is 5.73 Å². The summed E-state index contributed by atoms with van der Waals surface area (Å²) in [5.41, 5.74) is 7.93. The topological polar surface area (TPSA) is 51.8 Å². The van der Waals surface area contributed by atoms with E-state index in [4.69, 9.17) is 5.73 Å². The van der Waals surface area contributed by atoms with Gasteiger partial charge in [-0.1, -0.05) is 12.1 Å². The van der Waals surface area contributed by atoms with Gasteiger partial charge in [-0.15, -0.1) is 0 Å². The Kier molecular flexibility index (Phi) is 2.56. The molecule has 0 aliphatic heterocycles. The molecular formula is C12H12FN3. The molecule has 4 heteroatoms. The largest absolute Gasteiger partial charge is 0.383 e. The first kappa shape index (κ1) is 10.5. The van der Waals surface area contributed by atoms with Crippen LogP contribution in [0.3, 0.4) is 0 Å². The van der Waals surface area contributed by atoms with E-state index in [9.17, 15) is 4.39 Å². The fraction of sp³-hybridized carbons (Fsp3) is 0.167. The molecule has 1 aromatic carbocycles. The molecule has 2 rings (SSSR count). The van der Waals surface area contributed by atoms with Gasteiger partial charge < -0.3 is 5.73 Å². The van der Waals surface area contributed by atoms with E-state index in [-0.39, 0.29) is 5.82 Å². The van der Waals surface area contributed by atoms with Gasteiger partial charge in [-0.25, -0.2) is 14.4 Å². The molecule has 16 heavy (non-hydrogen) atoms. The smallest absolute Gasteiger partial charge is 0.130 e. The van der Waals surface area contributed by atoms with E-state index >= 15 is 0 Å². The van der Waals surface area contributed by atoms with E-state index in [1.165, 1.54) is 12.1 Å². The van der Waals surface area contributed by atoms with Crippen LogP contribution in [0.4, 0.5) is 10.2 Å². The van der Waals surface area contributed by atoms with Crippen LogP contribution >= 0.6 is 0 Å². The molecule has 0 aliphatic rings. The third-order valence-electron chi connectivity index (χ3n) is 2.39. The van der Waals surface area contributed by atoms with Gasteiger partial charge in [-0.05, 0) is 26.0 Å². The third-order valence-corrected chi connectivity index (χ3v) is 2.39. The van der Waals surface area contributed by atoms with E-state index in [1.807, 2.05) is 6.92 Å². The van der Waals surface area contributed by atoms with Crippen molar-refractivity contribution in [2.45, 2.75) is 13.8 Å². The Morgan fingerprint density at radius 1 is 1.19 bits per heavy atom. The summed E-state index contributed by atoms with van der Waals surface area (Å²) in [6.07, 6.45) is 0. The van der Waals surface area contributed by atoms with Crippen LogP contribution in [0.5, 0.6) is 0 Å². The summed E-state index contributed by atoms with van der Waals surface area (Å²) in [7, 11) is 0. The molecular weight excluding hydrogens is 205 g/mol. The lowest BCUT2D eigenvalue weighted by atomic mass is 10.1. The minimum atomic E-state index is -0.285. The molecule has 82 valence electrons. The molecule has 0 bridgehead atoms. The minimum Gasteiger partial charge on any atom is -0.383 e. The summed E-state index contributed by atoms with van der Waals surface area (Å²) in [4.78, 5) is 8.34. The lowest BCUT2D eigenvalue weighted by Crippen LogP contribution is -2.02. The van der Waals surface area contributed by atoms with Crippen molar-refractivity contribution in [3.05, 3.63) is 41.5 Å². The monoisotopic (exact) mass is 217 g/mol. The number of hydrogen-bond acceptors (Lipinski definition) is 3. The molecule has 0 amide bonds. The molecule has 2 aromatic rings. The average molecular weight is 217 g/mol. The summed E-state index contributed by atoms with van der Waals surface area (Å²) in [6.45, 7) is 3.59. The first-order valence-corrected chi connectivity index (χ1v) is 4.94. The standard InChI is InChI=1S/C12H12FN3/c1-7-11(15-8(2)16-12(7)14)9-4-3-5-10(13)6-9/h3-6H,1-2H3,(H2,14,15,16). The Bertz CT molecular complexity index is 538. The highest BCUT2D eigenvalue weighted by atomic mass is 19.1. The number of hydrogen-bond donors (Lipinski definition) is 1. The predicted molar refractivity (Wildman–Crippen MR) is 61.3 cm³/mol. The molecule has 0 spiro atoms. The zero-order valence-electron chi connectivity index (χ0n) is 9.16. The quantitative estimate of drug-likeness (QED) is 0.798. The summed E-state index contributed by atoms with van der Waals surface area (Å²) >= 11 is 0. The van der Waals surface area contributed by atoms with Crippen LogP contribution in [-0.4, -0.2) is 9.97 Å². The maximum Gasteiger partial charge on any atom is 0.130 e. The number of anilines is 1. The fourth-order valence-corrected chi connectivity index (χ4v) is 1.57. The van der Waals surface area contributed by atoms with E-state index < -0.39 is 0 Å². The number of aromatic nitrogens is 2. The van der Waals surface area contributed by atoms with Gasteiger partial charge in [0.15, 0.2) is 0 Å². The van der Waals surface area contributed by atoms with E-state index in [0.717, 1.165) is 11.1 Å². The van der Waals surface area contributed by atoms with Crippen LogP contribution in [0.25, 0.3) is 11.3 Å². The number of nitrogen functional groups attached to an aromatic ring is 1. The SMILES string of the molecule is Cc1nc(N)c(C)c(-c2cccc(F)c2)n1. The summed E-state index contributed by atoms with van der Waals surface area (Å²) in [5.74, 6) is 0.737. The minimum absolute atomic E-state index is 0.285. The molecule has 0 unspecified atom stereocenters. The van der Waals surface area contributed by atoms with Crippen molar-refractivity contribution >= 4 is 5.82 Å². The van der Waals surface area contributed by atoms with E-state index in [0.29, 0.717) is 17.3 Å². The van der Waals surface area contributed by atoms with Gasteiger partial charge in [-0.3, -0.25) is 0 Å². The van der Waals surface area contributed by atoms with Gasteiger partial charge in [0.25, 0.3) is 0 Å². The third kappa shape index (κ3) is 1.86. The van der Waals surface area contributed by atoms with E-state index in [2.05, 4.69) is 9.97 Å². The molecule has 1 heterocycles. The molecule has 0 saturated heterocycles. The molecule has 1 aromatic heterocycles. The summed E-state index contributed by atoms with van der Waals surface area (Å²) in [6, 6.07) is 6.29. The number of nitrogens with two attached hydrogens (primary N) is 1. The highest BCUT2D eigenvalue weighted by Crippen LogP contribution is 2.24. The number of halogens is 1. The fourth-order valence-electron chi connectivity index (χ4n) is 1.57. The Morgan fingerprint density at radius 3 is 2.62 bits per heavy atom. The van der Waals surface area contributed by atoms with Gasteiger partial charge in [0.2, 0.25) is 0 Å². The van der Waals surface area contributed by atoms with Gasteiger partial charge in [0.05, 0.1) is 5.69 Å². The van der Waals surface area contributed by atoms with Crippen LogP contribution in [-0.2, 0) is 0 Å². The van der Waals surface area contributed by atoms with Gasteiger partial charge in [0, 0.05) is 11.1 Å². The molecule has 0 atom stereocenters. The predicted octanol–water partition coefficient (Wildman–Crippen LogP) is 2.48. The zero-order valence-corrected chi connectivity index (χ0v) is 9.16. The van der Waals surface area contributed by atoms with Crippen molar-refractivity contribution in [2.75, 3.05) is 5.73 Å². The van der Waals surface area contributed by atoms with E-state index in [1.54, 1.807) is 19.1 Å². The second-order valence-corrected chi connectivity index (χ2v) is 3.64. The van der Waals surface area contributed by atoms with Crippen molar-refractivity contribution in [1.82, 2.24) is 9.97 Å². The van der Waals surface area contributed by atoms with Crippen molar-refractivity contribution in [2.24, 2.45) is 0 Å². The number of rotatable bonds is 1. The van der Waals surface area contributed by atoms with Crippen LogP contribution in [0.15, 0.2) is 24.3 Å². The molecule has 2 N–H and O–H groups in total. The van der Waals surface area contributed by atoms with Crippen molar-refractivity contribution < 1.29 is 4.39 Å². The molecule has 3 nitrogen and oxygen atoms in total. The molecule has 0 aliphatic carbocycles. The van der Waals surface area contributed by atoms with Crippen LogP contribution in [0.2, 0.25) is 0 Å². The summed E-state index contributed by atoms with van der Waals surface area (Å²) in [5, 5.41) is 0.